The molecule has 2 aromatic heterocycles. The van der Waals surface area contributed by atoms with Gasteiger partial charge in [0.05, 0.1) is 0 Å². The number of hydrogen-bond acceptors (Lipinski definition) is 7. The molecule has 0 spiro atoms. The molecule has 0 saturated carbocycles. The Balaban J connectivity index is 0.00000182. The monoisotopic (exact) mass is 433 g/mol. The average molecular weight is 434 g/mol. The van der Waals surface area contributed by atoms with Crippen molar-refractivity contribution in [2.24, 2.45) is 5.92 Å². The number of carbonyl (C=O) groups is 1. The van der Waals surface area contributed by atoms with Crippen LogP contribution in [-0.2, 0) is 4.79 Å². The van der Waals surface area contributed by atoms with E-state index in [0.717, 1.165) is 23.6 Å². The molecule has 1 saturated heterocycles. The third kappa shape index (κ3) is 6.64. The van der Waals surface area contributed by atoms with E-state index < -0.39 is 0 Å². The lowest BCUT2D eigenvalue weighted by Crippen LogP contribution is -2.42. The largest absolute Gasteiger partial charge is 0.344 e. The van der Waals surface area contributed by atoms with E-state index >= 15 is 0 Å². The average Bonchev–Trinajstić information content (AvgIpc) is 3.11. The van der Waals surface area contributed by atoms with Gasteiger partial charge in [0.1, 0.15) is 6.04 Å². The Kier molecular flexibility index (Phi) is 10.1. The highest BCUT2D eigenvalue weighted by molar-refractivity contribution is 7.99. The standard InChI is InChI=1S/C17H23N5O2S.2ClH/c1-11(2)15(20-14(23)8-13-10-25-7-6-19-13)17-21-16(22-24-17)12-4-3-5-18-9-12;;/h3-5,9,11,13,15,19H,6-8,10H2,1-2H3,(H,20,23);2*1H. The van der Waals surface area contributed by atoms with E-state index in [1.165, 1.54) is 0 Å². The number of rotatable bonds is 6. The second-order valence-electron chi connectivity index (χ2n) is 6.42. The van der Waals surface area contributed by atoms with E-state index in [9.17, 15) is 4.79 Å². The summed E-state index contributed by atoms with van der Waals surface area (Å²) in [6.45, 7) is 5.00. The Labute approximate surface area is 175 Å². The van der Waals surface area contributed by atoms with Gasteiger partial charge in [0.15, 0.2) is 0 Å². The van der Waals surface area contributed by atoms with E-state index in [4.69, 9.17) is 4.52 Å². The molecule has 7 nitrogen and oxygen atoms in total. The highest BCUT2D eigenvalue weighted by atomic mass is 35.5. The SMILES string of the molecule is CC(C)C(NC(=O)CC1CSCCN1)c1nc(-c2cccnc2)no1.Cl.Cl. The highest BCUT2D eigenvalue weighted by Crippen LogP contribution is 2.23. The molecule has 2 unspecified atom stereocenters. The van der Waals surface area contributed by atoms with Crippen LogP contribution in [0.1, 0.15) is 32.2 Å². The van der Waals surface area contributed by atoms with Gasteiger partial charge in [0, 0.05) is 48.5 Å². The first kappa shape index (κ1) is 23.7. The Bertz CT molecular complexity index is 696. The lowest BCUT2D eigenvalue weighted by atomic mass is 10.0. The fourth-order valence-electron chi connectivity index (χ4n) is 2.69. The number of amides is 1. The van der Waals surface area contributed by atoms with Crippen LogP contribution in [0.2, 0.25) is 0 Å². The van der Waals surface area contributed by atoms with E-state index in [2.05, 4.69) is 25.8 Å². The molecule has 2 atom stereocenters. The van der Waals surface area contributed by atoms with Crippen molar-refractivity contribution < 1.29 is 9.32 Å². The third-order valence-electron chi connectivity index (χ3n) is 4.04. The number of aromatic nitrogens is 3. The van der Waals surface area contributed by atoms with Gasteiger partial charge in [0.2, 0.25) is 17.6 Å². The second kappa shape index (κ2) is 11.5. The lowest BCUT2D eigenvalue weighted by Gasteiger charge is -2.24. The minimum atomic E-state index is -0.304. The molecule has 150 valence electrons. The lowest BCUT2D eigenvalue weighted by molar-refractivity contribution is -0.122. The summed E-state index contributed by atoms with van der Waals surface area (Å²) in [4.78, 5) is 20.9. The summed E-state index contributed by atoms with van der Waals surface area (Å²) in [7, 11) is 0. The summed E-state index contributed by atoms with van der Waals surface area (Å²) < 4.78 is 5.41. The Hall–Kier alpha value is -1.35. The summed E-state index contributed by atoms with van der Waals surface area (Å²) in [5.74, 6) is 3.11. The van der Waals surface area contributed by atoms with E-state index in [1.54, 1.807) is 12.4 Å². The zero-order valence-corrected chi connectivity index (χ0v) is 17.7. The first-order valence-electron chi connectivity index (χ1n) is 8.48. The highest BCUT2D eigenvalue weighted by Gasteiger charge is 2.26. The van der Waals surface area contributed by atoms with Crippen LogP contribution in [0.25, 0.3) is 11.4 Å². The number of nitrogens with one attached hydrogen (secondary N) is 2. The maximum absolute atomic E-state index is 12.4. The number of thioether (sulfide) groups is 1. The van der Waals surface area contributed by atoms with Crippen LogP contribution in [0, 0.1) is 5.92 Å². The second-order valence-corrected chi connectivity index (χ2v) is 7.57. The van der Waals surface area contributed by atoms with Crippen molar-refractivity contribution in [2.45, 2.75) is 32.4 Å². The predicted molar refractivity (Wildman–Crippen MR) is 111 cm³/mol. The van der Waals surface area contributed by atoms with Gasteiger partial charge < -0.3 is 15.2 Å². The maximum Gasteiger partial charge on any atom is 0.249 e. The predicted octanol–water partition coefficient (Wildman–Crippen LogP) is 2.88. The van der Waals surface area contributed by atoms with Crippen LogP contribution < -0.4 is 10.6 Å². The van der Waals surface area contributed by atoms with Gasteiger partial charge in [-0.25, -0.2) is 0 Å². The van der Waals surface area contributed by atoms with Crippen LogP contribution in [0.3, 0.4) is 0 Å². The van der Waals surface area contributed by atoms with Crippen LogP contribution >= 0.6 is 36.6 Å². The molecule has 3 rings (SSSR count). The molecule has 27 heavy (non-hydrogen) atoms. The van der Waals surface area contributed by atoms with Gasteiger partial charge in [-0.1, -0.05) is 19.0 Å². The third-order valence-corrected chi connectivity index (χ3v) is 5.17. The van der Waals surface area contributed by atoms with Crippen LogP contribution in [-0.4, -0.2) is 45.1 Å². The molecule has 0 aromatic carbocycles. The molecule has 2 aromatic rings. The van der Waals surface area contributed by atoms with E-state index in [-0.39, 0.29) is 48.7 Å². The van der Waals surface area contributed by atoms with Gasteiger partial charge in [-0.15, -0.1) is 24.8 Å². The van der Waals surface area contributed by atoms with E-state index in [0.29, 0.717) is 18.1 Å². The summed E-state index contributed by atoms with van der Waals surface area (Å²) in [5.41, 5.74) is 0.787. The fraction of sp³-hybridized carbons (Fsp3) is 0.529. The summed E-state index contributed by atoms with van der Waals surface area (Å²) in [6.07, 6.45) is 3.84. The Morgan fingerprint density at radius 2 is 2.26 bits per heavy atom. The van der Waals surface area contributed by atoms with Crippen LogP contribution in [0.5, 0.6) is 0 Å². The van der Waals surface area contributed by atoms with Crippen molar-refractivity contribution in [3.63, 3.8) is 0 Å². The molecular formula is C17H25Cl2N5O2S. The molecule has 3 heterocycles. The molecule has 0 aliphatic carbocycles. The molecule has 0 bridgehead atoms. The maximum atomic E-state index is 12.4. The Morgan fingerprint density at radius 3 is 2.89 bits per heavy atom. The number of pyridine rings is 1. The van der Waals surface area contributed by atoms with Crippen molar-refractivity contribution in [1.29, 1.82) is 0 Å². The quantitative estimate of drug-likeness (QED) is 0.722. The van der Waals surface area contributed by atoms with Gasteiger partial charge in [-0.05, 0) is 18.1 Å². The number of halogens is 2. The zero-order chi connectivity index (χ0) is 17.6. The van der Waals surface area contributed by atoms with Gasteiger partial charge in [-0.3, -0.25) is 9.78 Å². The summed E-state index contributed by atoms with van der Waals surface area (Å²) >= 11 is 1.88. The van der Waals surface area contributed by atoms with Crippen LogP contribution in [0.15, 0.2) is 29.0 Å². The van der Waals surface area contributed by atoms with Crippen molar-refractivity contribution in [3.05, 3.63) is 30.4 Å². The normalized spacial score (nSPS) is 17.5. The minimum absolute atomic E-state index is 0. The van der Waals surface area contributed by atoms with Crippen LogP contribution in [0.4, 0.5) is 0 Å². The minimum Gasteiger partial charge on any atom is -0.344 e. The molecule has 1 fully saturated rings. The zero-order valence-electron chi connectivity index (χ0n) is 15.3. The molecule has 1 aliphatic rings. The van der Waals surface area contributed by atoms with Gasteiger partial charge in [0.25, 0.3) is 0 Å². The fourth-order valence-corrected chi connectivity index (χ4v) is 3.64. The van der Waals surface area contributed by atoms with Crippen molar-refractivity contribution in [1.82, 2.24) is 25.8 Å². The summed E-state index contributed by atoms with van der Waals surface area (Å²) in [5, 5.41) is 10.4. The topological polar surface area (TPSA) is 92.9 Å². The number of nitrogens with zero attached hydrogens (tertiary/aromatic N) is 3. The van der Waals surface area contributed by atoms with E-state index in [1.807, 2.05) is 37.7 Å². The molecular weight excluding hydrogens is 409 g/mol. The summed E-state index contributed by atoms with van der Waals surface area (Å²) in [6, 6.07) is 3.61. The van der Waals surface area contributed by atoms with Gasteiger partial charge in [-0.2, -0.15) is 16.7 Å². The molecule has 10 heteroatoms. The van der Waals surface area contributed by atoms with Crippen molar-refractivity contribution in [2.75, 3.05) is 18.1 Å². The smallest absolute Gasteiger partial charge is 0.249 e. The number of hydrogen-bond donors (Lipinski definition) is 2. The molecule has 1 amide bonds. The molecule has 2 N–H and O–H groups in total. The first-order chi connectivity index (χ1) is 12.1. The van der Waals surface area contributed by atoms with Crippen molar-refractivity contribution >= 4 is 42.5 Å². The first-order valence-corrected chi connectivity index (χ1v) is 9.63. The molecule has 0 radical (unpaired) electrons. The molecule has 1 aliphatic heterocycles. The number of carbonyl (C=O) groups excluding carboxylic acids is 1. The Morgan fingerprint density at radius 1 is 1.44 bits per heavy atom. The van der Waals surface area contributed by atoms with Crippen molar-refractivity contribution in [3.8, 4) is 11.4 Å². The van der Waals surface area contributed by atoms with Gasteiger partial charge >= 0.3 is 0 Å².